The van der Waals surface area contributed by atoms with Crippen LogP contribution >= 0.6 is 22.9 Å². The number of fused-ring (bicyclic) bond motifs is 3. The molecule has 4 aromatic rings. The fourth-order valence-electron chi connectivity index (χ4n) is 4.27. The van der Waals surface area contributed by atoms with Crippen LogP contribution in [0.25, 0.3) is 5.00 Å². The summed E-state index contributed by atoms with van der Waals surface area (Å²) < 4.78 is 80.6. The molecule has 1 atom stereocenters. The van der Waals surface area contributed by atoms with E-state index in [1.165, 1.54) is 14.0 Å². The zero-order valence-corrected chi connectivity index (χ0v) is 22.8. The topological polar surface area (TPSA) is 95.7 Å². The lowest BCUT2D eigenvalue weighted by atomic mass is 9.99. The molecule has 1 unspecified atom stereocenters. The first-order valence-electron chi connectivity index (χ1n) is 11.6. The lowest BCUT2D eigenvalue weighted by molar-refractivity contribution is -0.141. The Bertz CT molecular complexity index is 1740. The first kappa shape index (κ1) is 28.4. The zero-order chi connectivity index (χ0) is 29.7. The normalized spacial score (nSPS) is 14.2. The van der Waals surface area contributed by atoms with E-state index in [4.69, 9.17) is 26.1 Å². The van der Waals surface area contributed by atoms with Gasteiger partial charge in [-0.1, -0.05) is 23.7 Å². The number of carbonyl (C=O) groups excluding carboxylic acids is 2. The van der Waals surface area contributed by atoms with E-state index in [-0.39, 0.29) is 22.7 Å². The van der Waals surface area contributed by atoms with Crippen molar-refractivity contribution in [3.05, 3.63) is 91.6 Å². The first-order valence-corrected chi connectivity index (χ1v) is 12.8. The van der Waals surface area contributed by atoms with E-state index in [2.05, 4.69) is 10.2 Å². The number of carbonyl (C=O) groups is 2. The Morgan fingerprint density at radius 3 is 2.20 bits per heavy atom. The Balaban J connectivity index is 1.71. The molecule has 15 heteroatoms. The van der Waals surface area contributed by atoms with E-state index in [0.29, 0.717) is 32.7 Å². The molecule has 5 rings (SSSR count). The summed E-state index contributed by atoms with van der Waals surface area (Å²) in [6.45, 7) is 3.11. The minimum absolute atomic E-state index is 0.200. The standard InChI is InChI=1S/C26H16ClF5N4O4S/c1-9-15-21(11-4-6-12(27)7-5-11)33-13(8-14(37)39-3)24-35-34-10(2)36(24)25(15)41-23(9)26(38)40-22-19(31)17(29)16(28)18(30)20(22)32/h4-7,13H,8H2,1-3H3. The highest BCUT2D eigenvalue weighted by atomic mass is 35.5. The van der Waals surface area contributed by atoms with Gasteiger partial charge in [0, 0.05) is 16.1 Å². The number of aryl methyl sites for hydroxylation is 1. The number of aromatic nitrogens is 3. The quantitative estimate of drug-likeness (QED) is 0.0909. The number of aliphatic imine (C=N–C) groups is 1. The minimum Gasteiger partial charge on any atom is -0.469 e. The molecule has 8 nitrogen and oxygen atoms in total. The van der Waals surface area contributed by atoms with Crippen molar-refractivity contribution in [2.24, 2.45) is 4.99 Å². The number of hydrogen-bond donors (Lipinski definition) is 0. The summed E-state index contributed by atoms with van der Waals surface area (Å²) in [5.74, 6) is -14.6. The number of methoxy groups -OCH3 is 1. The summed E-state index contributed by atoms with van der Waals surface area (Å²) in [5.41, 5.74) is 1.41. The molecule has 1 aliphatic heterocycles. The average Bonchev–Trinajstić information content (AvgIpc) is 3.46. The van der Waals surface area contributed by atoms with Gasteiger partial charge in [0.1, 0.15) is 21.7 Å². The number of thiophene rings is 1. The fraction of sp³-hybridized carbons (Fsp3) is 0.192. The third-order valence-electron chi connectivity index (χ3n) is 6.26. The maximum atomic E-state index is 14.3. The number of esters is 2. The van der Waals surface area contributed by atoms with Crippen LogP contribution in [0, 0.1) is 42.9 Å². The van der Waals surface area contributed by atoms with Crippen LogP contribution in [0.4, 0.5) is 22.0 Å². The van der Waals surface area contributed by atoms with Crippen LogP contribution in [0.2, 0.25) is 5.02 Å². The van der Waals surface area contributed by atoms with E-state index in [0.717, 1.165) is 11.3 Å². The van der Waals surface area contributed by atoms with Crippen molar-refractivity contribution in [2.75, 3.05) is 7.11 Å². The van der Waals surface area contributed by atoms with Crippen molar-refractivity contribution < 1.29 is 41.0 Å². The van der Waals surface area contributed by atoms with Crippen LogP contribution in [0.1, 0.15) is 50.5 Å². The van der Waals surface area contributed by atoms with E-state index in [1.54, 1.807) is 35.8 Å². The zero-order valence-electron chi connectivity index (χ0n) is 21.2. The number of benzene rings is 2. The summed E-state index contributed by atoms with van der Waals surface area (Å²) in [7, 11) is 1.22. The molecule has 0 N–H and O–H groups in total. The highest BCUT2D eigenvalue weighted by Gasteiger charge is 2.36. The fourth-order valence-corrected chi connectivity index (χ4v) is 5.64. The van der Waals surface area contributed by atoms with Gasteiger partial charge < -0.3 is 9.47 Å². The average molecular weight is 611 g/mol. The molecule has 2 aromatic heterocycles. The number of halogens is 6. The molecule has 0 fully saturated rings. The molecular formula is C26H16ClF5N4O4S. The Labute approximate surface area is 237 Å². The minimum atomic E-state index is -2.39. The smallest absolute Gasteiger partial charge is 0.354 e. The van der Waals surface area contributed by atoms with Crippen LogP contribution < -0.4 is 4.74 Å². The summed E-state index contributed by atoms with van der Waals surface area (Å²) in [5, 5.41) is 9.02. The van der Waals surface area contributed by atoms with Gasteiger partial charge in [0.25, 0.3) is 0 Å². The van der Waals surface area contributed by atoms with Gasteiger partial charge >= 0.3 is 11.9 Å². The highest BCUT2D eigenvalue weighted by molar-refractivity contribution is 7.17. The summed E-state index contributed by atoms with van der Waals surface area (Å²) in [6, 6.07) is 5.65. The molecule has 212 valence electrons. The van der Waals surface area contributed by atoms with E-state index in [9.17, 15) is 31.5 Å². The van der Waals surface area contributed by atoms with Crippen molar-refractivity contribution >= 4 is 40.6 Å². The van der Waals surface area contributed by atoms with Crippen molar-refractivity contribution in [2.45, 2.75) is 26.3 Å². The second kappa shape index (κ2) is 10.7. The third kappa shape index (κ3) is 4.76. The van der Waals surface area contributed by atoms with Crippen molar-refractivity contribution in [1.29, 1.82) is 0 Å². The number of rotatable bonds is 5. The summed E-state index contributed by atoms with van der Waals surface area (Å²) >= 11 is 6.86. The molecule has 0 spiro atoms. The Hall–Kier alpha value is -4.17. The number of hydrogen-bond acceptors (Lipinski definition) is 8. The lowest BCUT2D eigenvalue weighted by Crippen LogP contribution is -2.14. The predicted octanol–water partition coefficient (Wildman–Crippen LogP) is 5.97. The molecule has 0 saturated heterocycles. The Morgan fingerprint density at radius 2 is 1.59 bits per heavy atom. The monoisotopic (exact) mass is 610 g/mol. The van der Waals surface area contributed by atoms with Gasteiger partial charge in [-0.05, 0) is 31.5 Å². The van der Waals surface area contributed by atoms with E-state index in [1.807, 2.05) is 0 Å². The SMILES string of the molecule is COC(=O)CC1N=C(c2ccc(Cl)cc2)c2c(sc(C(=O)Oc3c(F)c(F)c(F)c(F)c3F)c2C)-n2c(C)nnc21. The molecule has 3 heterocycles. The maximum absolute atomic E-state index is 14.3. The molecule has 0 radical (unpaired) electrons. The van der Waals surface area contributed by atoms with E-state index >= 15 is 0 Å². The van der Waals surface area contributed by atoms with Crippen LogP contribution in [-0.4, -0.2) is 39.5 Å². The van der Waals surface area contributed by atoms with Crippen molar-refractivity contribution in [1.82, 2.24) is 14.8 Å². The molecular weight excluding hydrogens is 595 g/mol. The Morgan fingerprint density at radius 1 is 0.976 bits per heavy atom. The van der Waals surface area contributed by atoms with Crippen LogP contribution in [0.5, 0.6) is 5.75 Å². The number of ether oxygens (including phenoxy) is 2. The van der Waals surface area contributed by atoms with E-state index < -0.39 is 52.8 Å². The van der Waals surface area contributed by atoms with Crippen LogP contribution in [-0.2, 0) is 9.53 Å². The van der Waals surface area contributed by atoms with Gasteiger partial charge in [0.2, 0.25) is 34.8 Å². The van der Waals surface area contributed by atoms with Gasteiger partial charge in [-0.2, -0.15) is 8.78 Å². The van der Waals surface area contributed by atoms with Crippen molar-refractivity contribution in [3.63, 3.8) is 0 Å². The largest absolute Gasteiger partial charge is 0.469 e. The molecule has 0 bridgehead atoms. The van der Waals surface area contributed by atoms with Gasteiger partial charge in [0.05, 0.1) is 19.2 Å². The molecule has 0 aliphatic carbocycles. The van der Waals surface area contributed by atoms with Gasteiger partial charge in [-0.15, -0.1) is 21.5 Å². The van der Waals surface area contributed by atoms with Gasteiger partial charge in [-0.3, -0.25) is 14.4 Å². The second-order valence-corrected chi connectivity index (χ2v) is 10.2. The third-order valence-corrected chi connectivity index (χ3v) is 7.76. The molecule has 0 amide bonds. The maximum Gasteiger partial charge on any atom is 0.354 e. The highest BCUT2D eigenvalue weighted by Crippen LogP contribution is 2.41. The lowest BCUT2D eigenvalue weighted by Gasteiger charge is -2.12. The van der Waals surface area contributed by atoms with Crippen molar-refractivity contribution in [3.8, 4) is 10.8 Å². The predicted molar refractivity (Wildman–Crippen MR) is 136 cm³/mol. The Kier molecular flexibility index (Phi) is 7.38. The molecule has 1 aliphatic rings. The summed E-state index contributed by atoms with van der Waals surface area (Å²) in [6.07, 6.45) is -0.200. The molecule has 2 aromatic carbocycles. The van der Waals surface area contributed by atoms with Gasteiger partial charge in [0.15, 0.2) is 5.82 Å². The second-order valence-electron chi connectivity index (χ2n) is 8.75. The van der Waals surface area contributed by atoms with Crippen LogP contribution in [0.3, 0.4) is 0 Å². The molecule has 41 heavy (non-hydrogen) atoms. The summed E-state index contributed by atoms with van der Waals surface area (Å²) in [4.78, 5) is 30.0. The van der Waals surface area contributed by atoms with Crippen LogP contribution in [0.15, 0.2) is 29.3 Å². The number of nitrogens with zero attached hydrogens (tertiary/aromatic N) is 4. The van der Waals surface area contributed by atoms with Gasteiger partial charge in [-0.25, -0.2) is 18.0 Å². The molecule has 0 saturated carbocycles. The first-order chi connectivity index (χ1) is 19.4.